The van der Waals surface area contributed by atoms with Gasteiger partial charge in [-0.1, -0.05) is 52.0 Å². The maximum Gasteiger partial charge on any atom is 0.251 e. The number of carbonyl (C=O) groups is 2. The van der Waals surface area contributed by atoms with E-state index in [1.807, 2.05) is 55.7 Å². The van der Waals surface area contributed by atoms with Crippen molar-refractivity contribution in [2.24, 2.45) is 0 Å². The number of allylic oxidation sites excluding steroid dienone is 1. The van der Waals surface area contributed by atoms with Gasteiger partial charge in [0.1, 0.15) is 0 Å². The summed E-state index contributed by atoms with van der Waals surface area (Å²) in [5.74, 6) is 0.454. The van der Waals surface area contributed by atoms with Crippen molar-refractivity contribution in [3.8, 4) is 0 Å². The number of benzene rings is 2. The number of amides is 2. The third-order valence-electron chi connectivity index (χ3n) is 4.92. The number of aryl methyl sites for hydroxylation is 2. The second kappa shape index (κ2) is 11.3. The van der Waals surface area contributed by atoms with Gasteiger partial charge in [0.05, 0.1) is 11.8 Å². The number of anilines is 1. The Labute approximate surface area is 206 Å². The van der Waals surface area contributed by atoms with Crippen molar-refractivity contribution in [2.75, 3.05) is 11.1 Å². The van der Waals surface area contributed by atoms with Gasteiger partial charge in [0.15, 0.2) is 11.0 Å². The van der Waals surface area contributed by atoms with Crippen LogP contribution in [0.15, 0.2) is 64.7 Å². The molecule has 0 aliphatic rings. The molecule has 1 atom stereocenters. The summed E-state index contributed by atoms with van der Waals surface area (Å²) in [6.45, 7) is 10.0. The first-order valence-electron chi connectivity index (χ1n) is 10.4. The number of hydrogen-bond acceptors (Lipinski definition) is 5. The highest BCUT2D eigenvalue weighted by atomic mass is 79.9. The van der Waals surface area contributed by atoms with Crippen molar-refractivity contribution >= 4 is 45.2 Å². The molecule has 9 heteroatoms. The molecule has 0 spiro atoms. The molecular formula is C24H26BrN5O2S. The summed E-state index contributed by atoms with van der Waals surface area (Å²) < 4.78 is 2.83. The zero-order valence-corrected chi connectivity index (χ0v) is 21.2. The van der Waals surface area contributed by atoms with E-state index in [4.69, 9.17) is 0 Å². The Balaban J connectivity index is 1.68. The molecule has 0 aliphatic carbocycles. The third kappa shape index (κ3) is 6.33. The van der Waals surface area contributed by atoms with Crippen LogP contribution in [0, 0.1) is 13.8 Å². The molecule has 0 saturated carbocycles. The lowest BCUT2D eigenvalue weighted by atomic mass is 10.1. The van der Waals surface area contributed by atoms with Gasteiger partial charge in [0, 0.05) is 22.3 Å². The smallest absolute Gasteiger partial charge is 0.251 e. The lowest BCUT2D eigenvalue weighted by Gasteiger charge is -2.15. The molecule has 3 aromatic rings. The predicted molar refractivity (Wildman–Crippen MR) is 136 cm³/mol. The van der Waals surface area contributed by atoms with Crippen LogP contribution < -0.4 is 10.6 Å². The fraction of sp³-hybridized carbons (Fsp3) is 0.250. The van der Waals surface area contributed by atoms with E-state index in [9.17, 15) is 9.59 Å². The molecule has 33 heavy (non-hydrogen) atoms. The topological polar surface area (TPSA) is 88.9 Å². The molecular weight excluding hydrogens is 502 g/mol. The van der Waals surface area contributed by atoms with Crippen LogP contribution >= 0.6 is 27.7 Å². The quantitative estimate of drug-likeness (QED) is 0.299. The highest BCUT2D eigenvalue weighted by Gasteiger charge is 2.20. The largest absolute Gasteiger partial charge is 0.342 e. The highest BCUT2D eigenvalue weighted by Crippen LogP contribution is 2.26. The zero-order chi connectivity index (χ0) is 24.0. The van der Waals surface area contributed by atoms with Crippen molar-refractivity contribution in [2.45, 2.75) is 38.5 Å². The maximum atomic E-state index is 12.6. The summed E-state index contributed by atoms with van der Waals surface area (Å²) in [6, 6.07) is 12.6. The Kier molecular flexibility index (Phi) is 8.46. The lowest BCUT2D eigenvalue weighted by molar-refractivity contribution is -0.113. The van der Waals surface area contributed by atoms with Crippen molar-refractivity contribution < 1.29 is 9.59 Å². The first-order valence-corrected chi connectivity index (χ1v) is 12.2. The fourth-order valence-corrected chi connectivity index (χ4v) is 4.82. The van der Waals surface area contributed by atoms with Gasteiger partial charge in [-0.05, 0) is 56.2 Å². The molecule has 0 radical (unpaired) electrons. The van der Waals surface area contributed by atoms with Crippen molar-refractivity contribution in [3.63, 3.8) is 0 Å². The Morgan fingerprint density at radius 2 is 1.85 bits per heavy atom. The van der Waals surface area contributed by atoms with Gasteiger partial charge in [0.2, 0.25) is 5.91 Å². The summed E-state index contributed by atoms with van der Waals surface area (Å²) in [6.07, 6.45) is 1.73. The van der Waals surface area contributed by atoms with E-state index in [2.05, 4.69) is 43.3 Å². The first-order chi connectivity index (χ1) is 15.8. The molecule has 2 amide bonds. The number of nitrogens with one attached hydrogen (secondary N) is 2. The molecule has 2 aromatic carbocycles. The van der Waals surface area contributed by atoms with Gasteiger partial charge in [-0.15, -0.1) is 16.8 Å². The van der Waals surface area contributed by atoms with Gasteiger partial charge >= 0.3 is 0 Å². The van der Waals surface area contributed by atoms with E-state index in [1.165, 1.54) is 11.8 Å². The minimum absolute atomic E-state index is 0.131. The number of nitrogens with zero attached hydrogens (tertiary/aromatic N) is 3. The Morgan fingerprint density at radius 3 is 2.48 bits per heavy atom. The van der Waals surface area contributed by atoms with Crippen LogP contribution in [0.3, 0.4) is 0 Å². The van der Waals surface area contributed by atoms with Crippen LogP contribution in [0.4, 0.5) is 5.69 Å². The SMILES string of the molecule is C=CCn1c(SCC(=O)Nc2c(C)cc(Br)cc2C)nnc1[C@@H](C)NC(=O)c1ccccc1. The van der Waals surface area contributed by atoms with Gasteiger partial charge in [-0.25, -0.2) is 0 Å². The van der Waals surface area contributed by atoms with E-state index < -0.39 is 0 Å². The summed E-state index contributed by atoms with van der Waals surface area (Å²) >= 11 is 4.76. The normalized spacial score (nSPS) is 11.6. The molecule has 1 heterocycles. The van der Waals surface area contributed by atoms with Crippen LogP contribution in [-0.2, 0) is 11.3 Å². The minimum atomic E-state index is -0.374. The number of thioether (sulfide) groups is 1. The summed E-state index contributed by atoms with van der Waals surface area (Å²) in [5, 5.41) is 15.1. The Hall–Kier alpha value is -2.91. The Morgan fingerprint density at radius 1 is 1.18 bits per heavy atom. The lowest BCUT2D eigenvalue weighted by Crippen LogP contribution is -2.28. The number of halogens is 1. The highest BCUT2D eigenvalue weighted by molar-refractivity contribution is 9.10. The molecule has 3 rings (SSSR count). The number of hydrogen-bond donors (Lipinski definition) is 2. The molecule has 0 bridgehead atoms. The molecule has 0 aliphatic heterocycles. The average Bonchev–Trinajstić information content (AvgIpc) is 3.18. The second-order valence-electron chi connectivity index (χ2n) is 7.55. The molecule has 2 N–H and O–H groups in total. The van der Waals surface area contributed by atoms with Crippen LogP contribution in [0.5, 0.6) is 0 Å². The van der Waals surface area contributed by atoms with Crippen molar-refractivity contribution in [3.05, 3.63) is 82.1 Å². The van der Waals surface area contributed by atoms with E-state index in [0.717, 1.165) is 21.3 Å². The average molecular weight is 528 g/mol. The van der Waals surface area contributed by atoms with Gasteiger partial charge in [0.25, 0.3) is 5.91 Å². The van der Waals surface area contributed by atoms with Crippen molar-refractivity contribution in [1.29, 1.82) is 0 Å². The Bertz CT molecular complexity index is 1140. The first kappa shape index (κ1) is 24.7. The second-order valence-corrected chi connectivity index (χ2v) is 9.41. The molecule has 0 fully saturated rings. The van der Waals surface area contributed by atoms with E-state index in [1.54, 1.807) is 18.2 Å². The number of carbonyl (C=O) groups excluding carboxylic acids is 2. The third-order valence-corrected chi connectivity index (χ3v) is 6.35. The van der Waals surface area contributed by atoms with Crippen LogP contribution in [0.25, 0.3) is 0 Å². The van der Waals surface area contributed by atoms with E-state index in [-0.39, 0.29) is 23.6 Å². The monoisotopic (exact) mass is 527 g/mol. The molecule has 7 nitrogen and oxygen atoms in total. The van der Waals surface area contributed by atoms with Crippen LogP contribution in [0.1, 0.15) is 40.3 Å². The molecule has 0 saturated heterocycles. The van der Waals surface area contributed by atoms with E-state index in [0.29, 0.717) is 23.1 Å². The standard InChI is InChI=1S/C24H26BrN5O2S/c1-5-11-30-22(17(4)26-23(32)18-9-7-6-8-10-18)28-29-24(30)33-14-20(31)27-21-15(2)12-19(25)13-16(21)3/h5-10,12-13,17H,1,11,14H2,2-4H3,(H,26,32)(H,27,31)/t17-/m1/s1. The van der Waals surface area contributed by atoms with Gasteiger partial charge in [-0.2, -0.15) is 0 Å². The van der Waals surface area contributed by atoms with Gasteiger partial charge < -0.3 is 15.2 Å². The number of aromatic nitrogens is 3. The zero-order valence-electron chi connectivity index (χ0n) is 18.8. The summed E-state index contributed by atoms with van der Waals surface area (Å²) in [7, 11) is 0. The fourth-order valence-electron chi connectivity index (χ4n) is 3.38. The van der Waals surface area contributed by atoms with E-state index >= 15 is 0 Å². The summed E-state index contributed by atoms with van der Waals surface area (Å²) in [5.41, 5.74) is 3.36. The van der Waals surface area contributed by atoms with Gasteiger partial charge in [-0.3, -0.25) is 9.59 Å². The maximum absolute atomic E-state index is 12.6. The van der Waals surface area contributed by atoms with Crippen molar-refractivity contribution in [1.82, 2.24) is 20.1 Å². The minimum Gasteiger partial charge on any atom is -0.342 e. The molecule has 172 valence electrons. The van der Waals surface area contributed by atoms with Crippen LogP contribution in [0.2, 0.25) is 0 Å². The summed E-state index contributed by atoms with van der Waals surface area (Å²) in [4.78, 5) is 25.1. The molecule has 1 aromatic heterocycles. The predicted octanol–water partition coefficient (Wildman–Crippen LogP) is 5.07. The van der Waals surface area contributed by atoms with Crippen LogP contribution in [-0.4, -0.2) is 32.3 Å². The number of rotatable bonds is 9. The molecule has 0 unspecified atom stereocenters.